The molecule has 0 saturated heterocycles. The van der Waals surface area contributed by atoms with Crippen LogP contribution in [0, 0.1) is 5.92 Å². The van der Waals surface area contributed by atoms with E-state index in [1.165, 1.54) is 45.1 Å². The van der Waals surface area contributed by atoms with Gasteiger partial charge in [-0.25, -0.2) is 0 Å². The van der Waals surface area contributed by atoms with Gasteiger partial charge < -0.3 is 10.6 Å². The summed E-state index contributed by atoms with van der Waals surface area (Å²) in [6.45, 7) is 5.81. The van der Waals surface area contributed by atoms with Crippen molar-refractivity contribution in [2.24, 2.45) is 11.7 Å². The zero-order valence-electron chi connectivity index (χ0n) is 10.7. The lowest BCUT2D eigenvalue weighted by molar-refractivity contribution is 0.165. The summed E-state index contributed by atoms with van der Waals surface area (Å²) in [6.07, 6.45) is 7.88. The van der Waals surface area contributed by atoms with Crippen LogP contribution in [0.15, 0.2) is 0 Å². The predicted octanol–water partition coefficient (Wildman–Crippen LogP) is 2.62. The van der Waals surface area contributed by atoms with Gasteiger partial charge in [0.05, 0.1) is 0 Å². The van der Waals surface area contributed by atoms with Crippen molar-refractivity contribution in [3.63, 3.8) is 0 Å². The van der Waals surface area contributed by atoms with Crippen LogP contribution in [0.25, 0.3) is 0 Å². The van der Waals surface area contributed by atoms with Crippen LogP contribution in [0.2, 0.25) is 0 Å². The third-order valence-corrected chi connectivity index (χ3v) is 3.64. The lowest BCUT2D eigenvalue weighted by Gasteiger charge is -2.36. The molecule has 0 amide bonds. The summed E-state index contributed by atoms with van der Waals surface area (Å²) in [5.41, 5.74) is 6.17. The molecule has 1 saturated carbocycles. The van der Waals surface area contributed by atoms with Crippen LogP contribution in [0.5, 0.6) is 0 Å². The summed E-state index contributed by atoms with van der Waals surface area (Å²) in [6, 6.07) is 1.06. The normalized spacial score (nSPS) is 27.6. The van der Waals surface area contributed by atoms with Crippen molar-refractivity contribution in [1.82, 2.24) is 4.90 Å². The van der Waals surface area contributed by atoms with Gasteiger partial charge in [0, 0.05) is 12.1 Å². The Labute approximate surface area is 95.2 Å². The fourth-order valence-corrected chi connectivity index (χ4v) is 2.60. The van der Waals surface area contributed by atoms with Crippen molar-refractivity contribution < 1.29 is 0 Å². The lowest BCUT2D eigenvalue weighted by Crippen LogP contribution is -2.48. The molecule has 15 heavy (non-hydrogen) atoms. The van der Waals surface area contributed by atoms with Crippen LogP contribution in [0.1, 0.15) is 52.4 Å². The number of nitrogens with two attached hydrogens (primary N) is 1. The van der Waals surface area contributed by atoms with E-state index in [2.05, 4.69) is 25.8 Å². The van der Waals surface area contributed by atoms with E-state index in [4.69, 9.17) is 5.73 Å². The molecule has 0 spiro atoms. The maximum absolute atomic E-state index is 6.17. The van der Waals surface area contributed by atoms with E-state index in [-0.39, 0.29) is 0 Å². The molecule has 2 nitrogen and oxygen atoms in total. The predicted molar refractivity (Wildman–Crippen MR) is 66.9 cm³/mol. The minimum absolute atomic E-state index is 0.419. The monoisotopic (exact) mass is 212 g/mol. The van der Waals surface area contributed by atoms with Gasteiger partial charge in [0.2, 0.25) is 0 Å². The van der Waals surface area contributed by atoms with E-state index < -0.39 is 0 Å². The van der Waals surface area contributed by atoms with Crippen molar-refractivity contribution in [2.45, 2.75) is 64.5 Å². The summed E-state index contributed by atoms with van der Waals surface area (Å²) < 4.78 is 0. The molecule has 2 N–H and O–H groups in total. The van der Waals surface area contributed by atoms with Crippen molar-refractivity contribution >= 4 is 0 Å². The van der Waals surface area contributed by atoms with Gasteiger partial charge >= 0.3 is 0 Å². The van der Waals surface area contributed by atoms with E-state index in [1.54, 1.807) is 0 Å². The van der Waals surface area contributed by atoms with E-state index >= 15 is 0 Å². The van der Waals surface area contributed by atoms with Crippen LogP contribution < -0.4 is 5.73 Å². The molecule has 2 atom stereocenters. The molecular weight excluding hydrogens is 184 g/mol. The summed E-state index contributed by atoms with van der Waals surface area (Å²) in [5.74, 6) is 0.832. The third kappa shape index (κ3) is 4.52. The lowest BCUT2D eigenvalue weighted by atomic mass is 9.90. The summed E-state index contributed by atoms with van der Waals surface area (Å²) in [4.78, 5) is 2.49. The maximum Gasteiger partial charge on any atom is 0.0244 e. The largest absolute Gasteiger partial charge is 0.326 e. The SMILES string of the molecule is CC(C)CCCN(C)C1CCCCC1N. The quantitative estimate of drug-likeness (QED) is 0.759. The number of hydrogen-bond donors (Lipinski definition) is 1. The van der Waals surface area contributed by atoms with Crippen molar-refractivity contribution in [1.29, 1.82) is 0 Å². The Hall–Kier alpha value is -0.0800. The molecule has 0 aromatic heterocycles. The Morgan fingerprint density at radius 1 is 1.27 bits per heavy atom. The molecule has 0 bridgehead atoms. The van der Waals surface area contributed by atoms with Crippen LogP contribution in [-0.2, 0) is 0 Å². The molecule has 0 aromatic carbocycles. The highest BCUT2D eigenvalue weighted by Crippen LogP contribution is 2.21. The van der Waals surface area contributed by atoms with Crippen LogP contribution in [0.3, 0.4) is 0 Å². The van der Waals surface area contributed by atoms with E-state index in [0.717, 1.165) is 5.92 Å². The minimum Gasteiger partial charge on any atom is -0.326 e. The second-order valence-electron chi connectivity index (χ2n) is 5.53. The second-order valence-corrected chi connectivity index (χ2v) is 5.53. The molecule has 0 aliphatic heterocycles. The van der Waals surface area contributed by atoms with Gasteiger partial charge in [-0.1, -0.05) is 26.7 Å². The molecule has 90 valence electrons. The summed E-state index contributed by atoms with van der Waals surface area (Å²) in [5, 5.41) is 0. The van der Waals surface area contributed by atoms with Gasteiger partial charge in [-0.3, -0.25) is 0 Å². The fraction of sp³-hybridized carbons (Fsp3) is 1.00. The molecule has 2 heteroatoms. The third-order valence-electron chi connectivity index (χ3n) is 3.64. The van der Waals surface area contributed by atoms with Crippen LogP contribution in [0.4, 0.5) is 0 Å². The molecule has 0 aromatic rings. The minimum atomic E-state index is 0.419. The first-order valence-electron chi connectivity index (χ1n) is 6.57. The first-order chi connectivity index (χ1) is 7.11. The molecule has 1 rings (SSSR count). The van der Waals surface area contributed by atoms with Gasteiger partial charge in [-0.15, -0.1) is 0 Å². The van der Waals surface area contributed by atoms with Crippen molar-refractivity contribution in [3.05, 3.63) is 0 Å². The van der Waals surface area contributed by atoms with Crippen molar-refractivity contribution in [3.8, 4) is 0 Å². The molecule has 1 fully saturated rings. The topological polar surface area (TPSA) is 29.3 Å². The zero-order valence-corrected chi connectivity index (χ0v) is 10.7. The van der Waals surface area contributed by atoms with Crippen LogP contribution >= 0.6 is 0 Å². The van der Waals surface area contributed by atoms with Gasteiger partial charge in [0.25, 0.3) is 0 Å². The van der Waals surface area contributed by atoms with Gasteiger partial charge in [-0.05, 0) is 45.2 Å². The first kappa shape index (κ1) is 13.0. The molecule has 0 heterocycles. The Morgan fingerprint density at radius 3 is 2.53 bits per heavy atom. The maximum atomic E-state index is 6.17. The number of likely N-dealkylation sites (N-methyl/N-ethyl adjacent to an activating group) is 1. The fourth-order valence-electron chi connectivity index (χ4n) is 2.60. The highest BCUT2D eigenvalue weighted by Gasteiger charge is 2.24. The Bertz CT molecular complexity index is 168. The van der Waals surface area contributed by atoms with E-state index in [0.29, 0.717) is 12.1 Å². The first-order valence-corrected chi connectivity index (χ1v) is 6.57. The molecule has 1 aliphatic rings. The summed E-state index contributed by atoms with van der Waals surface area (Å²) in [7, 11) is 2.25. The molecule has 0 radical (unpaired) electrons. The Morgan fingerprint density at radius 2 is 1.93 bits per heavy atom. The number of rotatable bonds is 5. The second kappa shape index (κ2) is 6.49. The highest BCUT2D eigenvalue weighted by atomic mass is 15.1. The smallest absolute Gasteiger partial charge is 0.0244 e. The van der Waals surface area contributed by atoms with Gasteiger partial charge in [-0.2, -0.15) is 0 Å². The zero-order chi connectivity index (χ0) is 11.3. The summed E-state index contributed by atoms with van der Waals surface area (Å²) >= 11 is 0. The molecule has 2 unspecified atom stereocenters. The average molecular weight is 212 g/mol. The number of nitrogens with zero attached hydrogens (tertiary/aromatic N) is 1. The van der Waals surface area contributed by atoms with Gasteiger partial charge in [0.1, 0.15) is 0 Å². The molecule has 1 aliphatic carbocycles. The van der Waals surface area contributed by atoms with E-state index in [9.17, 15) is 0 Å². The molecular formula is C13H28N2. The van der Waals surface area contributed by atoms with Gasteiger partial charge in [0.15, 0.2) is 0 Å². The Kier molecular flexibility index (Phi) is 5.62. The van der Waals surface area contributed by atoms with E-state index in [1.807, 2.05) is 0 Å². The van der Waals surface area contributed by atoms with Crippen molar-refractivity contribution in [2.75, 3.05) is 13.6 Å². The highest BCUT2D eigenvalue weighted by molar-refractivity contribution is 4.84. The number of hydrogen-bond acceptors (Lipinski definition) is 2. The van der Waals surface area contributed by atoms with Crippen LogP contribution in [-0.4, -0.2) is 30.6 Å². The Balaban J connectivity index is 2.22. The average Bonchev–Trinajstić information content (AvgIpc) is 2.17. The standard InChI is InChI=1S/C13H28N2/c1-11(2)7-6-10-15(3)13-9-5-4-8-12(13)14/h11-13H,4-10,14H2,1-3H3.